The summed E-state index contributed by atoms with van der Waals surface area (Å²) in [6, 6.07) is 3.96. The second kappa shape index (κ2) is 3.14. The van der Waals surface area contributed by atoms with Crippen LogP contribution in [0.1, 0.15) is 21.5 Å². The van der Waals surface area contributed by atoms with Crippen LogP contribution in [0, 0.1) is 6.92 Å². The lowest BCUT2D eigenvalue weighted by Crippen LogP contribution is -2.19. The Morgan fingerprint density at radius 3 is 3.00 bits per heavy atom. The van der Waals surface area contributed by atoms with Crippen molar-refractivity contribution in [3.8, 4) is 0 Å². The zero-order valence-electron chi connectivity index (χ0n) is 7.26. The van der Waals surface area contributed by atoms with Crippen LogP contribution in [0.4, 0.5) is 0 Å². The molecule has 0 N–H and O–H groups in total. The van der Waals surface area contributed by atoms with E-state index in [1.54, 1.807) is 0 Å². The highest BCUT2D eigenvalue weighted by atomic mass is 79.9. The molecule has 1 aliphatic heterocycles. The highest BCUT2D eigenvalue weighted by molar-refractivity contribution is 9.10. The summed E-state index contributed by atoms with van der Waals surface area (Å²) in [5.41, 5.74) is 2.81. The average molecular weight is 241 g/mol. The van der Waals surface area contributed by atoms with Crippen molar-refractivity contribution >= 4 is 21.9 Å². The van der Waals surface area contributed by atoms with E-state index in [-0.39, 0.29) is 5.97 Å². The maximum Gasteiger partial charge on any atom is 0.338 e. The summed E-state index contributed by atoms with van der Waals surface area (Å²) in [7, 11) is 0. The van der Waals surface area contributed by atoms with Gasteiger partial charge >= 0.3 is 5.97 Å². The Hall–Kier alpha value is -0.830. The summed E-state index contributed by atoms with van der Waals surface area (Å²) in [5.74, 6) is -0.194. The fourth-order valence-electron chi connectivity index (χ4n) is 1.56. The molecular weight excluding hydrogens is 232 g/mol. The Labute approximate surface area is 85.0 Å². The Bertz CT molecular complexity index is 371. The first kappa shape index (κ1) is 8.75. The van der Waals surface area contributed by atoms with E-state index >= 15 is 0 Å². The minimum Gasteiger partial charge on any atom is -0.462 e. The fraction of sp³-hybridized carbons (Fsp3) is 0.300. The second-order valence-electron chi connectivity index (χ2n) is 3.09. The molecule has 0 aliphatic carbocycles. The van der Waals surface area contributed by atoms with E-state index in [1.807, 2.05) is 19.1 Å². The molecule has 0 unspecified atom stereocenters. The number of benzene rings is 1. The molecule has 3 heteroatoms. The molecule has 0 saturated heterocycles. The van der Waals surface area contributed by atoms with Gasteiger partial charge in [-0.15, -0.1) is 0 Å². The highest BCUT2D eigenvalue weighted by Crippen LogP contribution is 2.26. The molecule has 2 rings (SSSR count). The molecule has 13 heavy (non-hydrogen) atoms. The van der Waals surface area contributed by atoms with E-state index in [0.717, 1.165) is 27.6 Å². The number of esters is 1. The topological polar surface area (TPSA) is 26.3 Å². The van der Waals surface area contributed by atoms with Crippen LogP contribution in [0.3, 0.4) is 0 Å². The van der Waals surface area contributed by atoms with Gasteiger partial charge in [-0.3, -0.25) is 0 Å². The molecule has 1 aliphatic rings. The molecule has 0 radical (unpaired) electrons. The van der Waals surface area contributed by atoms with Gasteiger partial charge in [0.25, 0.3) is 0 Å². The van der Waals surface area contributed by atoms with Gasteiger partial charge in [-0.2, -0.15) is 0 Å². The van der Waals surface area contributed by atoms with E-state index in [2.05, 4.69) is 15.9 Å². The standard InChI is InChI=1S/C10H9BrO2/c1-6-8(11)3-2-7-4-5-13-10(12)9(6)7/h2-3H,4-5H2,1H3. The molecule has 2 nitrogen and oxygen atoms in total. The zero-order valence-corrected chi connectivity index (χ0v) is 8.85. The van der Waals surface area contributed by atoms with Crippen LogP contribution >= 0.6 is 15.9 Å². The smallest absolute Gasteiger partial charge is 0.338 e. The van der Waals surface area contributed by atoms with Crippen molar-refractivity contribution in [2.45, 2.75) is 13.3 Å². The van der Waals surface area contributed by atoms with Gasteiger partial charge < -0.3 is 4.74 Å². The van der Waals surface area contributed by atoms with Crippen molar-refractivity contribution in [1.82, 2.24) is 0 Å². The number of cyclic esters (lactones) is 1. The van der Waals surface area contributed by atoms with Gasteiger partial charge in [0.2, 0.25) is 0 Å². The van der Waals surface area contributed by atoms with Gasteiger partial charge in [0.05, 0.1) is 12.2 Å². The van der Waals surface area contributed by atoms with Crippen molar-refractivity contribution < 1.29 is 9.53 Å². The lowest BCUT2D eigenvalue weighted by molar-refractivity contribution is 0.0479. The molecular formula is C10H9BrO2. The largest absolute Gasteiger partial charge is 0.462 e. The normalized spacial score (nSPS) is 15.1. The molecule has 0 bridgehead atoms. The molecule has 0 saturated carbocycles. The summed E-state index contributed by atoms with van der Waals surface area (Å²) in [6.45, 7) is 2.43. The van der Waals surface area contributed by atoms with Gasteiger partial charge in [0.1, 0.15) is 0 Å². The third-order valence-electron chi connectivity index (χ3n) is 2.29. The van der Waals surface area contributed by atoms with E-state index in [1.165, 1.54) is 0 Å². The van der Waals surface area contributed by atoms with E-state index < -0.39 is 0 Å². The zero-order chi connectivity index (χ0) is 9.42. The van der Waals surface area contributed by atoms with Gasteiger partial charge in [-0.05, 0) is 24.1 Å². The first-order valence-corrected chi connectivity index (χ1v) is 4.94. The number of ether oxygens (including phenoxy) is 1. The summed E-state index contributed by atoms with van der Waals surface area (Å²) < 4.78 is 5.94. The van der Waals surface area contributed by atoms with Crippen LogP contribution in [-0.2, 0) is 11.2 Å². The van der Waals surface area contributed by atoms with Crippen molar-refractivity contribution in [1.29, 1.82) is 0 Å². The molecule has 68 valence electrons. The number of carbonyl (C=O) groups excluding carboxylic acids is 1. The van der Waals surface area contributed by atoms with Gasteiger partial charge in [-0.25, -0.2) is 4.79 Å². The van der Waals surface area contributed by atoms with Gasteiger partial charge in [0.15, 0.2) is 0 Å². The lowest BCUT2D eigenvalue weighted by Gasteiger charge is -2.17. The van der Waals surface area contributed by atoms with Crippen molar-refractivity contribution in [3.05, 3.63) is 33.3 Å². The van der Waals surface area contributed by atoms with Crippen LogP contribution in [-0.4, -0.2) is 12.6 Å². The van der Waals surface area contributed by atoms with Crippen molar-refractivity contribution in [2.75, 3.05) is 6.61 Å². The third kappa shape index (κ3) is 1.37. The summed E-state index contributed by atoms with van der Waals surface area (Å²) in [5, 5.41) is 0. The molecule has 1 aromatic rings. The van der Waals surface area contributed by atoms with Crippen LogP contribution in [0.5, 0.6) is 0 Å². The summed E-state index contributed by atoms with van der Waals surface area (Å²) in [6.07, 6.45) is 0.829. The highest BCUT2D eigenvalue weighted by Gasteiger charge is 2.21. The number of hydrogen-bond donors (Lipinski definition) is 0. The van der Waals surface area contributed by atoms with Crippen LogP contribution in [0.2, 0.25) is 0 Å². The monoisotopic (exact) mass is 240 g/mol. The maximum atomic E-state index is 11.4. The molecule has 0 aromatic heterocycles. The number of rotatable bonds is 0. The predicted molar refractivity (Wildman–Crippen MR) is 52.9 cm³/mol. The molecule has 1 heterocycles. The molecule has 1 aromatic carbocycles. The van der Waals surface area contributed by atoms with Crippen molar-refractivity contribution in [2.24, 2.45) is 0 Å². The fourth-order valence-corrected chi connectivity index (χ4v) is 1.89. The van der Waals surface area contributed by atoms with Gasteiger partial charge in [-0.1, -0.05) is 22.0 Å². The summed E-state index contributed by atoms with van der Waals surface area (Å²) >= 11 is 3.39. The van der Waals surface area contributed by atoms with E-state index in [4.69, 9.17) is 4.74 Å². The van der Waals surface area contributed by atoms with Crippen LogP contribution in [0.25, 0.3) is 0 Å². The Balaban J connectivity index is 2.65. The Kier molecular flexibility index (Phi) is 2.12. The Morgan fingerprint density at radius 1 is 1.46 bits per heavy atom. The quantitative estimate of drug-likeness (QED) is 0.652. The second-order valence-corrected chi connectivity index (χ2v) is 3.95. The number of hydrogen-bond acceptors (Lipinski definition) is 2. The third-order valence-corrected chi connectivity index (χ3v) is 3.15. The average Bonchev–Trinajstić information content (AvgIpc) is 2.12. The Morgan fingerprint density at radius 2 is 2.23 bits per heavy atom. The molecule has 0 atom stereocenters. The lowest BCUT2D eigenvalue weighted by atomic mass is 9.98. The minimum atomic E-state index is -0.194. The molecule has 0 amide bonds. The first-order valence-electron chi connectivity index (χ1n) is 4.15. The van der Waals surface area contributed by atoms with Crippen LogP contribution in [0.15, 0.2) is 16.6 Å². The SMILES string of the molecule is Cc1c(Br)ccc2c1C(=O)OCC2. The van der Waals surface area contributed by atoms with E-state index in [9.17, 15) is 4.79 Å². The predicted octanol–water partition coefficient (Wildman–Crippen LogP) is 2.47. The van der Waals surface area contributed by atoms with E-state index in [0.29, 0.717) is 6.61 Å². The number of halogens is 1. The minimum absolute atomic E-state index is 0.194. The van der Waals surface area contributed by atoms with Crippen molar-refractivity contribution in [3.63, 3.8) is 0 Å². The van der Waals surface area contributed by atoms with Crippen LogP contribution < -0.4 is 0 Å². The number of fused-ring (bicyclic) bond motifs is 1. The molecule has 0 spiro atoms. The van der Waals surface area contributed by atoms with Gasteiger partial charge in [0, 0.05) is 10.9 Å². The maximum absolute atomic E-state index is 11.4. The first-order chi connectivity index (χ1) is 6.20. The number of carbonyl (C=O) groups is 1. The summed E-state index contributed by atoms with van der Waals surface area (Å²) in [4.78, 5) is 11.4. The molecule has 0 fully saturated rings.